The molecule has 0 fully saturated rings. The van der Waals surface area contributed by atoms with Crippen molar-refractivity contribution in [2.45, 2.75) is 128 Å². The Morgan fingerprint density at radius 3 is 1.30 bits per heavy atom. The number of allylic oxidation sites excluding steroid dienone is 2. The molecule has 5 rings (SSSR count). The van der Waals surface area contributed by atoms with Crippen LogP contribution in [0.3, 0.4) is 0 Å². The zero-order chi connectivity index (χ0) is 39.6. The Labute approximate surface area is 327 Å². The Morgan fingerprint density at radius 1 is 0.571 bits per heavy atom. The minimum atomic E-state index is -1.12. The number of ether oxygens (including phenoxy) is 6. The molecule has 2 atom stereocenters. The van der Waals surface area contributed by atoms with Crippen LogP contribution in [0.1, 0.15) is 114 Å². The number of fused-ring (bicyclic) bond motifs is 4. The maximum Gasteiger partial charge on any atom is 0.345 e. The van der Waals surface area contributed by atoms with Crippen LogP contribution in [0.2, 0.25) is 0 Å². The number of rotatable bonds is 8. The molecular weight excluding hydrogens is 720 g/mol. The van der Waals surface area contributed by atoms with E-state index in [0.717, 1.165) is 64.2 Å². The molecule has 0 aromatic carbocycles. The maximum atomic E-state index is 13.6. The zero-order valence-electron chi connectivity index (χ0n) is 32.4. The van der Waals surface area contributed by atoms with Gasteiger partial charge in [-0.05, 0) is 50.0 Å². The average Bonchev–Trinajstić information content (AvgIpc) is 3.84. The molecule has 56 heavy (non-hydrogen) atoms. The fourth-order valence-electron chi connectivity index (χ4n) is 6.81. The normalized spacial score (nSPS) is 26.0. The third kappa shape index (κ3) is 12.0. The first-order chi connectivity index (χ1) is 27.3. The highest BCUT2D eigenvalue weighted by Crippen LogP contribution is 2.36. The number of ketones is 2. The molecule has 3 aliphatic rings. The molecule has 0 amide bonds. The van der Waals surface area contributed by atoms with Gasteiger partial charge in [0.15, 0.2) is 11.6 Å². The molecule has 2 aromatic rings. The summed E-state index contributed by atoms with van der Waals surface area (Å²) in [6, 6.07) is 0. The first-order valence-electron chi connectivity index (χ1n) is 19.5. The molecule has 0 saturated heterocycles. The quantitative estimate of drug-likeness (QED) is 0.202. The summed E-state index contributed by atoms with van der Waals surface area (Å²) < 4.78 is 35.1. The standard InChI is InChI=1S/C42H52N4O10/c1-51-41-19-13-9-5-3-7-12-16-34(48)38(40(50)54-28-32-25-45-30-46-26-32)36-18-22-42(52-2,56-36)20-14-10-6-4-8-11-15-33(47)37(35(55-41)17-21-41)39(49)53-27-31-23-43-29-44-24-31/h17-18,21-26,29-30H,3-16,19-20,27-28H2,1-2H3/b37-35-,38-36+. The van der Waals surface area contributed by atoms with Gasteiger partial charge in [-0.15, -0.1) is 0 Å². The molecule has 0 N–H and O–H groups in total. The van der Waals surface area contributed by atoms with Crippen molar-refractivity contribution in [2.75, 3.05) is 14.2 Å². The van der Waals surface area contributed by atoms with Gasteiger partial charge in [0.1, 0.15) is 48.5 Å². The third-order valence-corrected chi connectivity index (χ3v) is 10.0. The van der Waals surface area contributed by atoms with Crippen molar-refractivity contribution in [1.29, 1.82) is 0 Å². The number of aromatic nitrogens is 4. The predicted octanol–water partition coefficient (Wildman–Crippen LogP) is 6.81. The molecule has 2 unspecified atom stereocenters. The van der Waals surface area contributed by atoms with E-state index in [0.29, 0.717) is 36.8 Å². The molecule has 5 heterocycles. The van der Waals surface area contributed by atoms with Crippen molar-refractivity contribution in [3.63, 3.8) is 0 Å². The summed E-state index contributed by atoms with van der Waals surface area (Å²) >= 11 is 0. The predicted molar refractivity (Wildman–Crippen MR) is 202 cm³/mol. The summed E-state index contributed by atoms with van der Waals surface area (Å²) in [4.78, 5) is 69.9. The van der Waals surface area contributed by atoms with Crippen LogP contribution in [0.15, 0.2) is 84.4 Å². The van der Waals surface area contributed by atoms with Crippen molar-refractivity contribution >= 4 is 23.5 Å². The van der Waals surface area contributed by atoms with Crippen LogP contribution in [0.5, 0.6) is 0 Å². The number of carbonyl (C=O) groups is 4. The second-order valence-corrected chi connectivity index (χ2v) is 14.1. The second-order valence-electron chi connectivity index (χ2n) is 14.1. The number of hydrogen-bond donors (Lipinski definition) is 0. The number of esters is 2. The first-order valence-corrected chi connectivity index (χ1v) is 19.5. The van der Waals surface area contributed by atoms with Gasteiger partial charge in [0.2, 0.25) is 11.6 Å². The Kier molecular flexibility index (Phi) is 16.0. The van der Waals surface area contributed by atoms with Gasteiger partial charge in [-0.2, -0.15) is 0 Å². The molecule has 0 spiro atoms. The summed E-state index contributed by atoms with van der Waals surface area (Å²) in [6.07, 6.45) is 26.6. The van der Waals surface area contributed by atoms with E-state index in [2.05, 4.69) is 19.9 Å². The van der Waals surface area contributed by atoms with E-state index in [1.807, 2.05) is 0 Å². The summed E-state index contributed by atoms with van der Waals surface area (Å²) in [5, 5.41) is 0. The van der Waals surface area contributed by atoms with Gasteiger partial charge >= 0.3 is 11.9 Å². The lowest BCUT2D eigenvalue weighted by Crippen LogP contribution is -2.30. The summed E-state index contributed by atoms with van der Waals surface area (Å²) in [7, 11) is 3.07. The Morgan fingerprint density at radius 2 is 0.929 bits per heavy atom. The van der Waals surface area contributed by atoms with E-state index >= 15 is 0 Å². The van der Waals surface area contributed by atoms with Crippen LogP contribution in [-0.4, -0.2) is 69.2 Å². The van der Waals surface area contributed by atoms with Gasteiger partial charge in [-0.3, -0.25) is 9.59 Å². The van der Waals surface area contributed by atoms with Crippen LogP contribution in [0, 0.1) is 0 Å². The highest BCUT2D eigenvalue weighted by molar-refractivity contribution is 6.18. The highest BCUT2D eigenvalue weighted by Gasteiger charge is 2.39. The van der Waals surface area contributed by atoms with Crippen molar-refractivity contribution in [1.82, 2.24) is 19.9 Å². The van der Waals surface area contributed by atoms with Crippen LogP contribution < -0.4 is 0 Å². The topological polar surface area (TPSA) is 175 Å². The summed E-state index contributed by atoms with van der Waals surface area (Å²) in [5.41, 5.74) is 0.940. The zero-order valence-corrected chi connectivity index (χ0v) is 32.4. The van der Waals surface area contributed by atoms with Crippen LogP contribution in [0.4, 0.5) is 0 Å². The molecule has 0 saturated carbocycles. The number of methoxy groups -OCH3 is 2. The van der Waals surface area contributed by atoms with E-state index in [1.54, 1.807) is 49.1 Å². The molecule has 0 radical (unpaired) electrons. The van der Waals surface area contributed by atoms with Gasteiger partial charge in [0.25, 0.3) is 0 Å². The fraction of sp³-hybridized carbons (Fsp3) is 0.524. The number of Topliss-reactive ketones (excluding diaryl/α,β-unsaturated/α-hetero) is 2. The van der Waals surface area contributed by atoms with Crippen LogP contribution in [0.25, 0.3) is 0 Å². The molecule has 14 nitrogen and oxygen atoms in total. The van der Waals surface area contributed by atoms with E-state index in [-0.39, 0.29) is 60.3 Å². The molecule has 3 aliphatic heterocycles. The molecule has 0 aliphatic carbocycles. The van der Waals surface area contributed by atoms with Crippen molar-refractivity contribution in [2.24, 2.45) is 0 Å². The first kappa shape index (κ1) is 42.1. The van der Waals surface area contributed by atoms with Crippen LogP contribution in [-0.2, 0) is 60.8 Å². The maximum absolute atomic E-state index is 13.6. The lowest BCUT2D eigenvalue weighted by atomic mass is 10.0. The highest BCUT2D eigenvalue weighted by atomic mass is 16.7. The minimum Gasteiger partial charge on any atom is -0.458 e. The smallest absolute Gasteiger partial charge is 0.345 e. The Hall–Kier alpha value is -5.08. The molecule has 4 bridgehead atoms. The Bertz CT molecular complexity index is 1650. The molecule has 14 heteroatoms. The average molecular weight is 773 g/mol. The van der Waals surface area contributed by atoms with Crippen LogP contribution >= 0.6 is 0 Å². The van der Waals surface area contributed by atoms with E-state index in [1.165, 1.54) is 26.9 Å². The Balaban J connectivity index is 1.25. The monoisotopic (exact) mass is 772 g/mol. The van der Waals surface area contributed by atoms with Gasteiger partial charge in [0.05, 0.1) is 0 Å². The minimum absolute atomic E-state index is 0.0849. The van der Waals surface area contributed by atoms with Gasteiger partial charge < -0.3 is 28.4 Å². The summed E-state index contributed by atoms with van der Waals surface area (Å²) in [5.74, 6) is -4.18. The largest absolute Gasteiger partial charge is 0.458 e. The number of hydrogen-bond acceptors (Lipinski definition) is 14. The fourth-order valence-corrected chi connectivity index (χ4v) is 6.81. The molecule has 300 valence electrons. The van der Waals surface area contributed by atoms with Crippen molar-refractivity contribution in [3.05, 3.63) is 95.5 Å². The SMILES string of the molecule is COC12C=C/C(=C(/C(=O)OCc3cncnc3)C(=O)CCCCCCCCC3(OC)C=C/C(=C(\C(=O)OCc4cncnc4)C(=O)CCCCCCCC1)O3)O2. The van der Waals surface area contributed by atoms with Crippen molar-refractivity contribution in [3.8, 4) is 0 Å². The van der Waals surface area contributed by atoms with E-state index in [4.69, 9.17) is 28.4 Å². The van der Waals surface area contributed by atoms with Gasteiger partial charge in [-0.1, -0.05) is 51.4 Å². The molecular formula is C42H52N4O10. The number of nitrogens with zero attached hydrogens (tertiary/aromatic N) is 4. The van der Waals surface area contributed by atoms with E-state index < -0.39 is 23.5 Å². The lowest BCUT2D eigenvalue weighted by Gasteiger charge is -2.27. The van der Waals surface area contributed by atoms with E-state index in [9.17, 15) is 19.2 Å². The third-order valence-electron chi connectivity index (χ3n) is 10.0. The van der Waals surface area contributed by atoms with Crippen molar-refractivity contribution < 1.29 is 47.6 Å². The molecule has 2 aromatic heterocycles. The van der Waals surface area contributed by atoms with Gasteiger partial charge in [-0.25, -0.2) is 29.5 Å². The van der Waals surface area contributed by atoms with Gasteiger partial charge in [0, 0.05) is 75.8 Å². The lowest BCUT2D eigenvalue weighted by molar-refractivity contribution is -0.159. The second kappa shape index (κ2) is 21.3. The summed E-state index contributed by atoms with van der Waals surface area (Å²) in [6.45, 7) is -0.170. The number of carbonyl (C=O) groups excluding carboxylic acids is 4.